The van der Waals surface area contributed by atoms with Crippen molar-refractivity contribution in [3.63, 3.8) is 0 Å². The first-order valence-electron chi connectivity index (χ1n) is 14.3. The second-order valence-electron chi connectivity index (χ2n) is 12.5. The summed E-state index contributed by atoms with van der Waals surface area (Å²) in [5.74, 6) is -0.718. The van der Waals surface area contributed by atoms with Gasteiger partial charge in [-0.1, -0.05) is 52.0 Å². The third-order valence-electron chi connectivity index (χ3n) is 8.38. The van der Waals surface area contributed by atoms with Crippen molar-refractivity contribution in [1.82, 2.24) is 4.57 Å². The summed E-state index contributed by atoms with van der Waals surface area (Å²) in [5, 5.41) is 4.58. The molecule has 1 unspecified atom stereocenters. The minimum atomic E-state index is -0.617. The number of hydrogen-bond acceptors (Lipinski definition) is 6. The lowest BCUT2D eigenvalue weighted by Crippen LogP contribution is -2.40. The number of nitrogens with one attached hydrogen (secondary N) is 1. The van der Waals surface area contributed by atoms with Crippen LogP contribution >= 0.6 is 0 Å². The average molecular weight is 545 g/mol. The summed E-state index contributed by atoms with van der Waals surface area (Å²) in [4.78, 5) is 38.0. The second kappa shape index (κ2) is 10.7. The fourth-order valence-electron chi connectivity index (χ4n) is 6.17. The molecule has 8 nitrogen and oxygen atoms in total. The molecular formula is C32H40N4O4. The van der Waals surface area contributed by atoms with E-state index < -0.39 is 11.9 Å². The van der Waals surface area contributed by atoms with Crippen LogP contribution in [0.15, 0.2) is 42.5 Å². The first-order valence-corrected chi connectivity index (χ1v) is 14.3. The Morgan fingerprint density at radius 3 is 2.42 bits per heavy atom. The van der Waals surface area contributed by atoms with Crippen molar-refractivity contribution in [2.24, 2.45) is 22.8 Å². The summed E-state index contributed by atoms with van der Waals surface area (Å²) in [6.45, 7) is 8.07. The number of anilines is 1. The highest BCUT2D eigenvalue weighted by Gasteiger charge is 2.35. The highest BCUT2D eigenvalue weighted by Crippen LogP contribution is 2.43. The van der Waals surface area contributed by atoms with Gasteiger partial charge in [-0.05, 0) is 67.2 Å². The standard InChI is InChI=1S/C32H40N4O4/c1-18(2)29(33)31(39)40-21-12-10-20(11-13-21)35-24-15-19(9-14-22(24)30(34)38)28-23-7-5-6-8-25(23)36-26(28)16-32(3,4)17-27(36)37/h5-9,14-15,18,20-21,29,35H,10-13,16-17,33H2,1-4H3,(H2,34,38). The molecule has 1 amide bonds. The van der Waals surface area contributed by atoms with Crippen molar-refractivity contribution in [1.29, 1.82) is 0 Å². The van der Waals surface area contributed by atoms with Crippen LogP contribution in [-0.2, 0) is 16.0 Å². The highest BCUT2D eigenvalue weighted by molar-refractivity contribution is 6.06. The molecule has 2 aliphatic rings. The second-order valence-corrected chi connectivity index (χ2v) is 12.5. The van der Waals surface area contributed by atoms with E-state index in [4.69, 9.17) is 16.2 Å². The van der Waals surface area contributed by atoms with E-state index in [1.807, 2.05) is 48.7 Å². The molecule has 8 heteroatoms. The van der Waals surface area contributed by atoms with Crippen LogP contribution in [0.1, 0.15) is 80.6 Å². The lowest BCUT2D eigenvalue weighted by molar-refractivity contribution is -0.153. The number of nitrogens with zero attached hydrogens (tertiary/aromatic N) is 1. The predicted molar refractivity (Wildman–Crippen MR) is 157 cm³/mol. The molecule has 40 heavy (non-hydrogen) atoms. The van der Waals surface area contributed by atoms with E-state index in [1.54, 1.807) is 6.07 Å². The van der Waals surface area contributed by atoms with Gasteiger partial charge in [0.15, 0.2) is 0 Å². The Morgan fingerprint density at radius 2 is 1.75 bits per heavy atom. The summed E-state index contributed by atoms with van der Waals surface area (Å²) in [5.41, 5.74) is 16.6. The van der Waals surface area contributed by atoms with E-state index in [9.17, 15) is 14.4 Å². The van der Waals surface area contributed by atoms with Gasteiger partial charge < -0.3 is 21.5 Å². The van der Waals surface area contributed by atoms with Crippen LogP contribution in [0.25, 0.3) is 22.0 Å². The summed E-state index contributed by atoms with van der Waals surface area (Å²) < 4.78 is 7.54. The third-order valence-corrected chi connectivity index (χ3v) is 8.38. The Bertz CT molecular complexity index is 1460. The van der Waals surface area contributed by atoms with Gasteiger partial charge in [-0.2, -0.15) is 0 Å². The van der Waals surface area contributed by atoms with Crippen LogP contribution in [0.2, 0.25) is 0 Å². The molecule has 0 saturated heterocycles. The van der Waals surface area contributed by atoms with Crippen LogP contribution in [-0.4, -0.2) is 40.5 Å². The molecule has 0 spiro atoms. The number of fused-ring (bicyclic) bond motifs is 3. The zero-order valence-electron chi connectivity index (χ0n) is 23.8. The number of aromatic nitrogens is 1. The molecule has 2 heterocycles. The van der Waals surface area contributed by atoms with E-state index in [2.05, 4.69) is 25.2 Å². The number of amides is 1. The van der Waals surface area contributed by atoms with Gasteiger partial charge in [0.1, 0.15) is 12.1 Å². The molecule has 2 aromatic carbocycles. The van der Waals surface area contributed by atoms with Crippen molar-refractivity contribution >= 4 is 34.4 Å². The summed E-state index contributed by atoms with van der Waals surface area (Å²) in [6.07, 6.45) is 4.11. The Hall–Kier alpha value is -3.65. The number of nitrogens with two attached hydrogens (primary N) is 2. The van der Waals surface area contributed by atoms with Gasteiger partial charge in [0, 0.05) is 34.8 Å². The molecule has 212 valence electrons. The van der Waals surface area contributed by atoms with E-state index in [0.29, 0.717) is 30.5 Å². The minimum absolute atomic E-state index is 0.0257. The fourth-order valence-corrected chi connectivity index (χ4v) is 6.17. The monoisotopic (exact) mass is 544 g/mol. The van der Waals surface area contributed by atoms with Crippen LogP contribution in [0.3, 0.4) is 0 Å². The number of primary amides is 1. The minimum Gasteiger partial charge on any atom is -0.461 e. The largest absolute Gasteiger partial charge is 0.461 e. The van der Waals surface area contributed by atoms with Gasteiger partial charge in [-0.3, -0.25) is 19.0 Å². The number of benzene rings is 2. The average Bonchev–Trinajstić information content (AvgIpc) is 3.22. The molecule has 0 radical (unpaired) electrons. The van der Waals surface area contributed by atoms with Crippen molar-refractivity contribution in [2.45, 2.75) is 84.4 Å². The lowest BCUT2D eigenvalue weighted by Gasteiger charge is -2.31. The van der Waals surface area contributed by atoms with Gasteiger partial charge in [0.05, 0.1) is 11.1 Å². The quantitative estimate of drug-likeness (QED) is 0.348. The molecule has 1 fully saturated rings. The molecule has 0 bridgehead atoms. The van der Waals surface area contributed by atoms with Gasteiger partial charge in [0.25, 0.3) is 5.91 Å². The molecule has 1 saturated carbocycles. The number of hydrogen-bond donors (Lipinski definition) is 3. The van der Waals surface area contributed by atoms with Gasteiger partial charge in [-0.15, -0.1) is 0 Å². The van der Waals surface area contributed by atoms with Gasteiger partial charge in [-0.25, -0.2) is 0 Å². The summed E-state index contributed by atoms with van der Waals surface area (Å²) in [6, 6.07) is 13.2. The molecule has 1 aliphatic heterocycles. The maximum absolute atomic E-state index is 13.2. The number of carbonyl (C=O) groups is 3. The summed E-state index contributed by atoms with van der Waals surface area (Å²) >= 11 is 0. The van der Waals surface area contributed by atoms with Crippen molar-refractivity contribution in [3.05, 3.63) is 53.7 Å². The zero-order valence-corrected chi connectivity index (χ0v) is 23.8. The molecular weight excluding hydrogens is 504 g/mol. The van der Waals surface area contributed by atoms with Gasteiger partial charge in [0.2, 0.25) is 5.91 Å². The van der Waals surface area contributed by atoms with Crippen LogP contribution < -0.4 is 16.8 Å². The SMILES string of the molecule is CC(C)C(N)C(=O)OC1CCC(Nc2cc(-c3c4n(c5ccccc35)C(=O)CC(C)(C)C4)ccc2C(N)=O)CC1. The molecule has 5 N–H and O–H groups in total. The molecule has 3 aromatic rings. The normalized spacial score (nSPS) is 21.2. The smallest absolute Gasteiger partial charge is 0.323 e. The Morgan fingerprint density at radius 1 is 1.05 bits per heavy atom. The van der Waals surface area contributed by atoms with Gasteiger partial charge >= 0.3 is 5.97 Å². The maximum atomic E-state index is 13.2. The van der Waals surface area contributed by atoms with Crippen molar-refractivity contribution < 1.29 is 19.1 Å². The molecule has 1 aliphatic carbocycles. The topological polar surface area (TPSA) is 129 Å². The Kier molecular flexibility index (Phi) is 7.48. The first-order chi connectivity index (χ1) is 18.9. The number of para-hydroxylation sites is 1. The molecule has 5 rings (SSSR count). The zero-order chi connectivity index (χ0) is 28.8. The number of ether oxygens (including phenoxy) is 1. The van der Waals surface area contributed by atoms with E-state index in [0.717, 1.165) is 47.0 Å². The van der Waals surface area contributed by atoms with Crippen LogP contribution in [0.5, 0.6) is 0 Å². The third kappa shape index (κ3) is 5.37. The Labute approximate surface area is 235 Å². The van der Waals surface area contributed by atoms with Crippen molar-refractivity contribution in [3.8, 4) is 11.1 Å². The molecule has 1 aromatic heterocycles. The maximum Gasteiger partial charge on any atom is 0.323 e. The van der Waals surface area contributed by atoms with E-state index in [-0.39, 0.29) is 35.4 Å². The first kappa shape index (κ1) is 27.9. The summed E-state index contributed by atoms with van der Waals surface area (Å²) in [7, 11) is 0. The molecule has 1 atom stereocenters. The van der Waals surface area contributed by atoms with Crippen LogP contribution in [0, 0.1) is 11.3 Å². The number of rotatable bonds is 7. The van der Waals surface area contributed by atoms with Crippen LogP contribution in [0.4, 0.5) is 5.69 Å². The van der Waals surface area contributed by atoms with E-state index in [1.165, 1.54) is 0 Å². The highest BCUT2D eigenvalue weighted by atomic mass is 16.5. The number of esters is 1. The van der Waals surface area contributed by atoms with E-state index >= 15 is 0 Å². The number of carbonyl (C=O) groups excluding carboxylic acids is 3. The lowest BCUT2D eigenvalue weighted by atomic mass is 9.80. The Balaban J connectivity index is 1.43. The van der Waals surface area contributed by atoms with Crippen molar-refractivity contribution in [2.75, 3.05) is 5.32 Å². The predicted octanol–water partition coefficient (Wildman–Crippen LogP) is 5.27. The fraction of sp³-hybridized carbons (Fsp3) is 0.469.